The van der Waals surface area contributed by atoms with Crippen molar-refractivity contribution in [3.63, 3.8) is 0 Å². The number of benzene rings is 1. The van der Waals surface area contributed by atoms with Gasteiger partial charge in [-0.15, -0.1) is 0 Å². The smallest absolute Gasteiger partial charge is 0.0668 e. The van der Waals surface area contributed by atoms with Crippen LogP contribution in [0.5, 0.6) is 0 Å². The molecule has 0 saturated carbocycles. The Kier molecular flexibility index (Phi) is 3.28. The SMILES string of the molecule is C[C@H]1COCCN1c1ccc(I)cc1. The Balaban J connectivity index is 2.16. The fraction of sp³-hybridized carbons (Fsp3) is 0.455. The molecule has 1 aromatic rings. The van der Waals surface area contributed by atoms with Gasteiger partial charge in [0.1, 0.15) is 0 Å². The van der Waals surface area contributed by atoms with Crippen molar-refractivity contribution in [1.29, 1.82) is 0 Å². The van der Waals surface area contributed by atoms with E-state index < -0.39 is 0 Å². The molecule has 76 valence electrons. The van der Waals surface area contributed by atoms with Gasteiger partial charge >= 0.3 is 0 Å². The molecule has 1 heterocycles. The standard InChI is InChI=1S/C11H14INO/c1-9-8-14-7-6-13(9)11-4-2-10(12)3-5-11/h2-5,9H,6-8H2,1H3/t9-/m0/s1. The predicted octanol–water partition coefficient (Wildman–Crippen LogP) is 2.52. The minimum absolute atomic E-state index is 0.490. The van der Waals surface area contributed by atoms with E-state index in [9.17, 15) is 0 Å². The summed E-state index contributed by atoms with van der Waals surface area (Å²) in [4.78, 5) is 2.40. The molecule has 1 atom stereocenters. The van der Waals surface area contributed by atoms with Crippen LogP contribution >= 0.6 is 22.6 Å². The van der Waals surface area contributed by atoms with Crippen molar-refractivity contribution in [2.75, 3.05) is 24.7 Å². The van der Waals surface area contributed by atoms with Crippen molar-refractivity contribution in [2.45, 2.75) is 13.0 Å². The van der Waals surface area contributed by atoms with Crippen LogP contribution in [0.1, 0.15) is 6.92 Å². The average molecular weight is 303 g/mol. The second kappa shape index (κ2) is 4.49. The molecule has 0 spiro atoms. The van der Waals surface area contributed by atoms with Crippen LogP contribution in [0.2, 0.25) is 0 Å². The van der Waals surface area contributed by atoms with Crippen molar-refractivity contribution < 1.29 is 4.74 Å². The quantitative estimate of drug-likeness (QED) is 0.739. The highest BCUT2D eigenvalue weighted by Crippen LogP contribution is 2.20. The van der Waals surface area contributed by atoms with E-state index in [4.69, 9.17) is 4.74 Å². The number of nitrogens with zero attached hydrogens (tertiary/aromatic N) is 1. The number of anilines is 1. The van der Waals surface area contributed by atoms with E-state index in [0.29, 0.717) is 6.04 Å². The largest absolute Gasteiger partial charge is 0.377 e. The Morgan fingerprint density at radius 1 is 1.36 bits per heavy atom. The molecule has 0 amide bonds. The summed E-state index contributed by atoms with van der Waals surface area (Å²) in [5.74, 6) is 0. The maximum Gasteiger partial charge on any atom is 0.0668 e. The molecule has 0 bridgehead atoms. The first-order chi connectivity index (χ1) is 6.77. The molecule has 1 saturated heterocycles. The fourth-order valence-corrected chi connectivity index (χ4v) is 2.10. The van der Waals surface area contributed by atoms with E-state index >= 15 is 0 Å². The zero-order valence-electron chi connectivity index (χ0n) is 8.24. The summed E-state index contributed by atoms with van der Waals surface area (Å²) in [6.45, 7) is 4.89. The molecule has 0 radical (unpaired) electrons. The monoisotopic (exact) mass is 303 g/mol. The zero-order valence-corrected chi connectivity index (χ0v) is 10.4. The van der Waals surface area contributed by atoms with Gasteiger partial charge in [0.25, 0.3) is 0 Å². The highest BCUT2D eigenvalue weighted by Gasteiger charge is 2.18. The van der Waals surface area contributed by atoms with Crippen LogP contribution < -0.4 is 4.90 Å². The number of hydrogen-bond acceptors (Lipinski definition) is 2. The van der Waals surface area contributed by atoms with Crippen molar-refractivity contribution >= 4 is 28.3 Å². The first-order valence-corrected chi connectivity index (χ1v) is 5.95. The number of morpholine rings is 1. The molecular formula is C11H14INO. The average Bonchev–Trinajstić information content (AvgIpc) is 2.20. The lowest BCUT2D eigenvalue weighted by Gasteiger charge is -2.35. The van der Waals surface area contributed by atoms with Gasteiger partial charge in [-0.1, -0.05) is 0 Å². The molecule has 0 unspecified atom stereocenters. The topological polar surface area (TPSA) is 12.5 Å². The summed E-state index contributed by atoms with van der Waals surface area (Å²) in [6, 6.07) is 9.16. The van der Waals surface area contributed by atoms with Crippen molar-refractivity contribution in [3.05, 3.63) is 27.8 Å². The minimum Gasteiger partial charge on any atom is -0.377 e. The van der Waals surface area contributed by atoms with Gasteiger partial charge in [0.2, 0.25) is 0 Å². The third-order valence-electron chi connectivity index (χ3n) is 2.53. The van der Waals surface area contributed by atoms with Crippen LogP contribution in [0.3, 0.4) is 0 Å². The van der Waals surface area contributed by atoms with E-state index in [-0.39, 0.29) is 0 Å². The van der Waals surface area contributed by atoms with Crippen LogP contribution in [-0.2, 0) is 4.74 Å². The predicted molar refractivity (Wildman–Crippen MR) is 66.8 cm³/mol. The minimum atomic E-state index is 0.490. The first kappa shape index (κ1) is 10.2. The first-order valence-electron chi connectivity index (χ1n) is 4.87. The van der Waals surface area contributed by atoms with Gasteiger partial charge in [-0.3, -0.25) is 0 Å². The normalized spacial score (nSPS) is 22.4. The summed E-state index contributed by atoms with van der Waals surface area (Å²) < 4.78 is 6.70. The number of halogens is 1. The van der Waals surface area contributed by atoms with E-state index in [1.54, 1.807) is 0 Å². The summed E-state index contributed by atoms with van der Waals surface area (Å²) in [5.41, 5.74) is 1.31. The summed E-state index contributed by atoms with van der Waals surface area (Å²) in [6.07, 6.45) is 0. The van der Waals surface area contributed by atoms with Gasteiger partial charge in [-0.05, 0) is 53.8 Å². The van der Waals surface area contributed by atoms with Gasteiger partial charge in [0.05, 0.1) is 13.2 Å². The third kappa shape index (κ3) is 2.20. The van der Waals surface area contributed by atoms with Gasteiger partial charge in [0, 0.05) is 21.8 Å². The lowest BCUT2D eigenvalue weighted by atomic mass is 10.2. The highest BCUT2D eigenvalue weighted by molar-refractivity contribution is 14.1. The highest BCUT2D eigenvalue weighted by atomic mass is 127. The lowest BCUT2D eigenvalue weighted by Crippen LogP contribution is -2.43. The molecule has 1 aliphatic heterocycles. The van der Waals surface area contributed by atoms with E-state index in [1.165, 1.54) is 9.26 Å². The lowest BCUT2D eigenvalue weighted by molar-refractivity contribution is 0.0989. The molecule has 3 heteroatoms. The van der Waals surface area contributed by atoms with Crippen LogP contribution in [0.4, 0.5) is 5.69 Å². The van der Waals surface area contributed by atoms with Gasteiger partial charge < -0.3 is 9.64 Å². The molecule has 0 aliphatic carbocycles. The van der Waals surface area contributed by atoms with Crippen LogP contribution in [-0.4, -0.2) is 25.8 Å². The Hall–Kier alpha value is -0.290. The maximum atomic E-state index is 5.41. The molecule has 1 aliphatic rings. The summed E-state index contributed by atoms with van der Waals surface area (Å²) in [5, 5.41) is 0. The molecule has 1 fully saturated rings. The van der Waals surface area contributed by atoms with Crippen LogP contribution in [0.15, 0.2) is 24.3 Å². The molecule has 0 aromatic heterocycles. The van der Waals surface area contributed by atoms with Crippen molar-refractivity contribution in [3.8, 4) is 0 Å². The summed E-state index contributed by atoms with van der Waals surface area (Å²) in [7, 11) is 0. The Morgan fingerprint density at radius 3 is 2.71 bits per heavy atom. The maximum absolute atomic E-state index is 5.41. The number of rotatable bonds is 1. The Morgan fingerprint density at radius 2 is 2.07 bits per heavy atom. The van der Waals surface area contributed by atoms with E-state index in [0.717, 1.165) is 19.8 Å². The molecular weight excluding hydrogens is 289 g/mol. The van der Waals surface area contributed by atoms with Crippen molar-refractivity contribution in [1.82, 2.24) is 0 Å². The van der Waals surface area contributed by atoms with Crippen LogP contribution in [0.25, 0.3) is 0 Å². The van der Waals surface area contributed by atoms with E-state index in [2.05, 4.69) is 58.7 Å². The van der Waals surface area contributed by atoms with Crippen molar-refractivity contribution in [2.24, 2.45) is 0 Å². The van der Waals surface area contributed by atoms with E-state index in [1.807, 2.05) is 0 Å². The Bertz CT molecular complexity index is 299. The molecule has 14 heavy (non-hydrogen) atoms. The van der Waals surface area contributed by atoms with Gasteiger partial charge in [0.15, 0.2) is 0 Å². The second-order valence-electron chi connectivity index (χ2n) is 3.59. The molecule has 0 N–H and O–H groups in total. The van der Waals surface area contributed by atoms with Gasteiger partial charge in [-0.25, -0.2) is 0 Å². The molecule has 2 rings (SSSR count). The fourth-order valence-electron chi connectivity index (χ4n) is 1.74. The van der Waals surface area contributed by atoms with Gasteiger partial charge in [-0.2, -0.15) is 0 Å². The Labute approximate surface area is 98.4 Å². The number of ether oxygens (including phenoxy) is 1. The van der Waals surface area contributed by atoms with Crippen LogP contribution in [0, 0.1) is 3.57 Å². The third-order valence-corrected chi connectivity index (χ3v) is 3.25. The number of hydrogen-bond donors (Lipinski definition) is 0. The summed E-state index contributed by atoms with van der Waals surface area (Å²) >= 11 is 2.33. The second-order valence-corrected chi connectivity index (χ2v) is 4.84. The zero-order chi connectivity index (χ0) is 9.97. The molecule has 1 aromatic carbocycles. The molecule has 2 nitrogen and oxygen atoms in total.